The van der Waals surface area contributed by atoms with Crippen molar-refractivity contribution in [2.45, 2.75) is 0 Å². The molecule has 0 saturated carbocycles. The number of hydrogen-bond donors (Lipinski definition) is 0. The Bertz CT molecular complexity index is 3580. The molecule has 13 aromatic rings. The highest BCUT2D eigenvalue weighted by Crippen LogP contribution is 2.45. The van der Waals surface area contributed by atoms with E-state index < -0.39 is 0 Å². The van der Waals surface area contributed by atoms with E-state index in [1.807, 2.05) is 0 Å². The first-order valence-corrected chi connectivity index (χ1v) is 17.6. The average molecular weight is 647 g/mol. The molecule has 0 saturated heterocycles. The lowest BCUT2D eigenvalue weighted by Gasteiger charge is -2.09. The van der Waals surface area contributed by atoms with Crippen molar-refractivity contribution >= 4 is 98.3 Å². The van der Waals surface area contributed by atoms with Gasteiger partial charge >= 0.3 is 0 Å². The van der Waals surface area contributed by atoms with Gasteiger partial charge in [0.2, 0.25) is 0 Å². The third kappa shape index (κ3) is 3.06. The molecule has 6 aromatic heterocycles. The van der Waals surface area contributed by atoms with Crippen molar-refractivity contribution in [3.8, 4) is 16.8 Å². The summed E-state index contributed by atoms with van der Waals surface area (Å²) in [6, 6.07) is 57.8. The van der Waals surface area contributed by atoms with Crippen molar-refractivity contribution in [2.75, 3.05) is 0 Å². The lowest BCUT2D eigenvalue weighted by atomic mass is 9.99. The second kappa shape index (κ2) is 9.00. The van der Waals surface area contributed by atoms with E-state index in [0.717, 1.165) is 16.7 Å². The first-order valence-electron chi connectivity index (χ1n) is 17.6. The van der Waals surface area contributed by atoms with Crippen LogP contribution in [0.15, 0.2) is 158 Å². The Morgan fingerprint density at radius 1 is 0.353 bits per heavy atom. The number of nitrogens with zero attached hydrogens (tertiary/aromatic N) is 4. The fourth-order valence-corrected chi connectivity index (χ4v) is 9.46. The van der Waals surface area contributed by atoms with Crippen LogP contribution in [-0.2, 0) is 0 Å². The van der Waals surface area contributed by atoms with Gasteiger partial charge in [0.05, 0.1) is 44.1 Å². The zero-order valence-electron chi connectivity index (χ0n) is 27.3. The Balaban J connectivity index is 1.16. The van der Waals surface area contributed by atoms with E-state index >= 15 is 0 Å². The lowest BCUT2D eigenvalue weighted by Crippen LogP contribution is -1.93. The minimum atomic E-state index is 1.02. The molecule has 0 N–H and O–H groups in total. The summed E-state index contributed by atoms with van der Waals surface area (Å²) in [6.07, 6.45) is 0. The fraction of sp³-hybridized carbons (Fsp3) is 0. The van der Waals surface area contributed by atoms with Crippen LogP contribution in [-0.4, -0.2) is 18.4 Å². The standard InChI is InChI=1S/C47H26N4/c1-2-11-28(12-3-1)49-39-21-6-5-14-31(39)37-25-27(23-24-41(37)49)29-15-8-17-33-34-18-10-20-36-43-42(50(44(29)33)46(34)36)26-38-35-19-9-16-32-30-13-4-7-22-40(30)51(45(32)35)47(38)48-43/h1-26H. The van der Waals surface area contributed by atoms with Crippen LogP contribution >= 0.6 is 0 Å². The maximum Gasteiger partial charge on any atom is 0.146 e. The Morgan fingerprint density at radius 3 is 1.76 bits per heavy atom. The molecule has 13 rings (SSSR count). The monoisotopic (exact) mass is 646 g/mol. The Morgan fingerprint density at radius 2 is 0.941 bits per heavy atom. The van der Waals surface area contributed by atoms with Crippen LogP contribution in [0.1, 0.15) is 0 Å². The molecule has 51 heavy (non-hydrogen) atoms. The highest BCUT2D eigenvalue weighted by Gasteiger charge is 2.24. The largest absolute Gasteiger partial charge is 0.309 e. The summed E-state index contributed by atoms with van der Waals surface area (Å²) in [6.45, 7) is 0. The summed E-state index contributed by atoms with van der Waals surface area (Å²) in [4.78, 5) is 5.56. The van der Waals surface area contributed by atoms with Crippen LogP contribution in [0.5, 0.6) is 0 Å². The molecular formula is C47H26N4. The van der Waals surface area contributed by atoms with Gasteiger partial charge in [-0.15, -0.1) is 0 Å². The highest BCUT2D eigenvalue weighted by atomic mass is 15.0. The molecular weight excluding hydrogens is 621 g/mol. The van der Waals surface area contributed by atoms with E-state index in [4.69, 9.17) is 4.98 Å². The summed E-state index contributed by atoms with van der Waals surface area (Å²) >= 11 is 0. The van der Waals surface area contributed by atoms with Gasteiger partial charge in [-0.1, -0.05) is 115 Å². The number of para-hydroxylation sites is 6. The van der Waals surface area contributed by atoms with Crippen molar-refractivity contribution in [2.24, 2.45) is 0 Å². The maximum atomic E-state index is 5.56. The smallest absolute Gasteiger partial charge is 0.146 e. The molecule has 6 heterocycles. The topological polar surface area (TPSA) is 26.6 Å². The Labute approximate surface area is 290 Å². The van der Waals surface area contributed by atoms with Crippen LogP contribution in [0, 0.1) is 0 Å². The molecule has 7 aromatic carbocycles. The molecule has 0 bridgehead atoms. The molecule has 4 heteroatoms. The zero-order valence-corrected chi connectivity index (χ0v) is 27.3. The van der Waals surface area contributed by atoms with Gasteiger partial charge in [0, 0.05) is 59.7 Å². The van der Waals surface area contributed by atoms with Crippen molar-refractivity contribution in [3.63, 3.8) is 0 Å². The van der Waals surface area contributed by atoms with Crippen molar-refractivity contribution in [3.05, 3.63) is 158 Å². The van der Waals surface area contributed by atoms with Crippen LogP contribution in [0.3, 0.4) is 0 Å². The average Bonchev–Trinajstić information content (AvgIpc) is 3.97. The molecule has 0 aliphatic rings. The van der Waals surface area contributed by atoms with Gasteiger partial charge in [0.25, 0.3) is 0 Å². The molecule has 0 fully saturated rings. The number of aromatic nitrogens is 4. The van der Waals surface area contributed by atoms with E-state index in [2.05, 4.69) is 171 Å². The number of benzene rings is 7. The molecule has 0 spiro atoms. The minimum absolute atomic E-state index is 1.02. The van der Waals surface area contributed by atoms with E-state index in [9.17, 15) is 0 Å². The Kier molecular flexibility index (Phi) is 4.59. The first-order chi connectivity index (χ1) is 25.3. The lowest BCUT2D eigenvalue weighted by molar-refractivity contribution is 1.18. The molecule has 4 nitrogen and oxygen atoms in total. The Hall–Kier alpha value is -6.91. The summed E-state index contributed by atoms with van der Waals surface area (Å²) < 4.78 is 7.27. The van der Waals surface area contributed by atoms with Crippen LogP contribution in [0.2, 0.25) is 0 Å². The van der Waals surface area contributed by atoms with Crippen molar-refractivity contribution < 1.29 is 0 Å². The van der Waals surface area contributed by atoms with Crippen molar-refractivity contribution in [1.29, 1.82) is 0 Å². The molecule has 0 radical (unpaired) electrons. The minimum Gasteiger partial charge on any atom is -0.309 e. The SMILES string of the molecule is c1ccc(-n2c3ccccc3c3cc(-c4cccc5c6cccc7c8nc9c(cc8n(c45)c67)c4cccc5c6ccccc6n9c54)ccc32)cc1. The summed E-state index contributed by atoms with van der Waals surface area (Å²) in [5.74, 6) is 0. The number of hydrogen-bond acceptors (Lipinski definition) is 1. The van der Waals surface area contributed by atoms with E-state index in [0.29, 0.717) is 0 Å². The maximum absolute atomic E-state index is 5.56. The van der Waals surface area contributed by atoms with Gasteiger partial charge in [-0.25, -0.2) is 4.98 Å². The predicted molar refractivity (Wildman–Crippen MR) is 213 cm³/mol. The third-order valence-corrected chi connectivity index (χ3v) is 11.5. The summed E-state index contributed by atoms with van der Waals surface area (Å²) in [7, 11) is 0. The van der Waals surface area contributed by atoms with Gasteiger partial charge < -0.3 is 8.97 Å². The predicted octanol–water partition coefficient (Wildman–Crippen LogP) is 12.1. The van der Waals surface area contributed by atoms with Gasteiger partial charge in [-0.05, 0) is 48.0 Å². The zero-order chi connectivity index (χ0) is 32.9. The van der Waals surface area contributed by atoms with Crippen LogP contribution < -0.4 is 0 Å². The number of fused-ring (bicyclic) bond motifs is 15. The van der Waals surface area contributed by atoms with Crippen LogP contribution in [0.25, 0.3) is 115 Å². The second-order valence-corrected chi connectivity index (χ2v) is 13.9. The van der Waals surface area contributed by atoms with E-state index in [-0.39, 0.29) is 0 Å². The molecule has 0 amide bonds. The normalized spacial score (nSPS) is 12.7. The number of pyridine rings is 1. The van der Waals surface area contributed by atoms with Gasteiger partial charge in [-0.2, -0.15) is 0 Å². The van der Waals surface area contributed by atoms with Crippen LogP contribution in [0.4, 0.5) is 0 Å². The summed E-state index contributed by atoms with van der Waals surface area (Å²) in [5, 5.41) is 11.2. The van der Waals surface area contributed by atoms with Crippen molar-refractivity contribution in [1.82, 2.24) is 18.4 Å². The van der Waals surface area contributed by atoms with Gasteiger partial charge in [-0.3, -0.25) is 4.40 Å². The fourth-order valence-electron chi connectivity index (χ4n) is 9.46. The molecule has 0 aliphatic heterocycles. The second-order valence-electron chi connectivity index (χ2n) is 13.9. The summed E-state index contributed by atoms with van der Waals surface area (Å²) in [5.41, 5.74) is 14.2. The quantitative estimate of drug-likeness (QED) is 0.184. The van der Waals surface area contributed by atoms with Gasteiger partial charge in [0.15, 0.2) is 0 Å². The molecule has 234 valence electrons. The van der Waals surface area contributed by atoms with E-state index in [1.165, 1.54) is 98.4 Å². The third-order valence-electron chi connectivity index (χ3n) is 11.5. The number of rotatable bonds is 2. The first kappa shape index (κ1) is 26.0. The molecule has 0 atom stereocenters. The molecule has 0 unspecified atom stereocenters. The van der Waals surface area contributed by atoms with Gasteiger partial charge in [0.1, 0.15) is 5.65 Å². The van der Waals surface area contributed by atoms with E-state index in [1.54, 1.807) is 0 Å². The molecule has 0 aliphatic carbocycles. The highest BCUT2D eigenvalue weighted by molar-refractivity contribution is 6.28.